The van der Waals surface area contributed by atoms with Gasteiger partial charge < -0.3 is 5.32 Å². The van der Waals surface area contributed by atoms with Crippen molar-refractivity contribution in [3.63, 3.8) is 0 Å². The molecule has 1 unspecified atom stereocenters. The third-order valence-corrected chi connectivity index (χ3v) is 3.23. The lowest BCUT2D eigenvalue weighted by molar-refractivity contribution is 0.338. The summed E-state index contributed by atoms with van der Waals surface area (Å²) in [5, 5.41) is 11.6. The molecule has 16 heavy (non-hydrogen) atoms. The van der Waals surface area contributed by atoms with E-state index in [2.05, 4.69) is 36.4 Å². The maximum absolute atomic E-state index is 4.15. The van der Waals surface area contributed by atoms with Crippen LogP contribution in [0.1, 0.15) is 51.8 Å². The van der Waals surface area contributed by atoms with Gasteiger partial charge in [-0.05, 0) is 19.4 Å². The molecule has 1 rings (SSSR count). The van der Waals surface area contributed by atoms with Crippen LogP contribution in [0.15, 0.2) is 6.20 Å². The summed E-state index contributed by atoms with van der Waals surface area (Å²) >= 11 is 0. The van der Waals surface area contributed by atoms with Crippen LogP contribution in [-0.4, -0.2) is 22.0 Å². The van der Waals surface area contributed by atoms with Gasteiger partial charge in [-0.2, -0.15) is 0 Å². The molecular weight excluding hydrogens is 200 g/mol. The molecule has 1 N–H and O–H groups in total. The Morgan fingerprint density at radius 1 is 1.31 bits per heavy atom. The van der Waals surface area contributed by atoms with Gasteiger partial charge in [-0.1, -0.05) is 38.8 Å². The molecule has 0 aliphatic heterocycles. The molecule has 4 nitrogen and oxygen atoms in total. The van der Waals surface area contributed by atoms with Gasteiger partial charge in [0.25, 0.3) is 0 Å². The van der Waals surface area contributed by atoms with Gasteiger partial charge in [-0.25, -0.2) is 4.68 Å². The van der Waals surface area contributed by atoms with Crippen molar-refractivity contribution in [3.05, 3.63) is 11.9 Å². The van der Waals surface area contributed by atoms with Crippen LogP contribution in [0.2, 0.25) is 0 Å². The molecule has 0 radical (unpaired) electrons. The van der Waals surface area contributed by atoms with Crippen molar-refractivity contribution in [2.75, 3.05) is 7.05 Å². The molecule has 0 aromatic carbocycles. The van der Waals surface area contributed by atoms with E-state index in [0.29, 0.717) is 12.0 Å². The molecule has 1 aromatic heterocycles. The van der Waals surface area contributed by atoms with E-state index >= 15 is 0 Å². The summed E-state index contributed by atoms with van der Waals surface area (Å²) in [6.45, 7) is 7.60. The average molecular weight is 224 g/mol. The highest BCUT2D eigenvalue weighted by molar-refractivity contribution is 5.04. The monoisotopic (exact) mass is 224 g/mol. The molecule has 1 aromatic rings. The highest BCUT2D eigenvalue weighted by Gasteiger charge is 2.22. The fourth-order valence-corrected chi connectivity index (χ4v) is 2.28. The molecule has 0 saturated carbocycles. The van der Waals surface area contributed by atoms with Gasteiger partial charge in [0.1, 0.15) is 0 Å². The summed E-state index contributed by atoms with van der Waals surface area (Å²) in [6, 6.07) is 0.372. The molecule has 0 fully saturated rings. The first-order chi connectivity index (χ1) is 7.78. The Morgan fingerprint density at radius 2 is 2.00 bits per heavy atom. The maximum atomic E-state index is 4.15. The van der Waals surface area contributed by atoms with Crippen molar-refractivity contribution in [3.8, 4) is 0 Å². The van der Waals surface area contributed by atoms with Crippen LogP contribution in [0.5, 0.6) is 0 Å². The van der Waals surface area contributed by atoms with Gasteiger partial charge in [-0.15, -0.1) is 5.10 Å². The predicted molar refractivity (Wildman–Crippen MR) is 66.2 cm³/mol. The largest absolute Gasteiger partial charge is 0.311 e. The van der Waals surface area contributed by atoms with E-state index in [0.717, 1.165) is 13.0 Å². The van der Waals surface area contributed by atoms with E-state index in [9.17, 15) is 0 Å². The molecule has 1 heterocycles. The molecule has 0 spiro atoms. The summed E-state index contributed by atoms with van der Waals surface area (Å²) in [5.41, 5.74) is 1.22. The first kappa shape index (κ1) is 13.2. The number of aryl methyl sites for hydroxylation is 1. The highest BCUT2D eigenvalue weighted by Crippen LogP contribution is 2.26. The third kappa shape index (κ3) is 2.82. The minimum absolute atomic E-state index is 0.372. The maximum Gasteiger partial charge on any atom is 0.0759 e. The van der Waals surface area contributed by atoms with Gasteiger partial charge in [-0.3, -0.25) is 0 Å². The number of rotatable bonds is 7. The van der Waals surface area contributed by atoms with Crippen molar-refractivity contribution in [1.29, 1.82) is 0 Å². The van der Waals surface area contributed by atoms with Crippen LogP contribution < -0.4 is 5.32 Å². The minimum atomic E-state index is 0.372. The second-order valence-corrected chi connectivity index (χ2v) is 4.22. The molecule has 0 aliphatic carbocycles. The summed E-state index contributed by atoms with van der Waals surface area (Å²) in [4.78, 5) is 0. The van der Waals surface area contributed by atoms with E-state index < -0.39 is 0 Å². The Balaban J connectivity index is 2.88. The first-order valence-corrected chi connectivity index (χ1v) is 6.34. The molecule has 0 amide bonds. The number of hydrogen-bond acceptors (Lipinski definition) is 3. The standard InChI is InChI=1S/C12H24N4/c1-5-8-16-11(9-14-15-16)12(13-4)10(6-2)7-3/h9-10,12-13H,5-8H2,1-4H3. The van der Waals surface area contributed by atoms with E-state index in [1.807, 2.05) is 17.9 Å². The molecule has 0 bridgehead atoms. The Bertz CT molecular complexity index is 291. The number of nitrogens with zero attached hydrogens (tertiary/aromatic N) is 3. The molecular formula is C12H24N4. The smallest absolute Gasteiger partial charge is 0.0759 e. The van der Waals surface area contributed by atoms with Crippen LogP contribution in [0.4, 0.5) is 0 Å². The van der Waals surface area contributed by atoms with Crippen LogP contribution in [-0.2, 0) is 6.54 Å². The number of nitrogens with one attached hydrogen (secondary N) is 1. The summed E-state index contributed by atoms with van der Waals surface area (Å²) in [6.07, 6.45) is 5.35. The van der Waals surface area contributed by atoms with Crippen LogP contribution in [0.25, 0.3) is 0 Å². The molecule has 4 heteroatoms. The summed E-state index contributed by atoms with van der Waals surface area (Å²) < 4.78 is 2.03. The lowest BCUT2D eigenvalue weighted by Crippen LogP contribution is -2.27. The molecule has 92 valence electrons. The molecule has 0 aliphatic rings. The zero-order chi connectivity index (χ0) is 12.0. The van der Waals surface area contributed by atoms with Crippen molar-refractivity contribution in [2.45, 2.75) is 52.6 Å². The second-order valence-electron chi connectivity index (χ2n) is 4.22. The van der Waals surface area contributed by atoms with Gasteiger partial charge >= 0.3 is 0 Å². The fraction of sp³-hybridized carbons (Fsp3) is 0.833. The highest BCUT2D eigenvalue weighted by atomic mass is 15.4. The predicted octanol–water partition coefficient (Wildman–Crippen LogP) is 2.38. The van der Waals surface area contributed by atoms with Crippen LogP contribution in [0, 0.1) is 5.92 Å². The average Bonchev–Trinajstić information content (AvgIpc) is 2.74. The topological polar surface area (TPSA) is 42.7 Å². The van der Waals surface area contributed by atoms with Gasteiger partial charge in [0.05, 0.1) is 17.9 Å². The zero-order valence-electron chi connectivity index (χ0n) is 10.9. The van der Waals surface area contributed by atoms with Crippen molar-refractivity contribution >= 4 is 0 Å². The Kier molecular flexibility index (Phi) is 5.46. The first-order valence-electron chi connectivity index (χ1n) is 6.34. The van der Waals surface area contributed by atoms with Crippen molar-refractivity contribution < 1.29 is 0 Å². The Hall–Kier alpha value is -0.900. The van der Waals surface area contributed by atoms with Crippen molar-refractivity contribution in [1.82, 2.24) is 20.3 Å². The second kappa shape index (κ2) is 6.63. The fourth-order valence-electron chi connectivity index (χ4n) is 2.28. The SMILES string of the molecule is CCCn1nncc1C(NC)C(CC)CC. The third-order valence-electron chi connectivity index (χ3n) is 3.23. The van der Waals surface area contributed by atoms with E-state index in [4.69, 9.17) is 0 Å². The lowest BCUT2D eigenvalue weighted by atomic mass is 9.92. The van der Waals surface area contributed by atoms with E-state index in [1.54, 1.807) is 0 Å². The lowest BCUT2D eigenvalue weighted by Gasteiger charge is -2.25. The summed E-state index contributed by atoms with van der Waals surface area (Å²) in [7, 11) is 2.02. The number of hydrogen-bond donors (Lipinski definition) is 1. The summed E-state index contributed by atoms with van der Waals surface area (Å²) in [5.74, 6) is 0.652. The molecule has 0 saturated heterocycles. The minimum Gasteiger partial charge on any atom is -0.311 e. The van der Waals surface area contributed by atoms with Crippen molar-refractivity contribution in [2.24, 2.45) is 5.92 Å². The Morgan fingerprint density at radius 3 is 2.50 bits per heavy atom. The van der Waals surface area contributed by atoms with Crippen LogP contribution >= 0.6 is 0 Å². The van der Waals surface area contributed by atoms with Gasteiger partial charge in [0, 0.05) is 6.54 Å². The quantitative estimate of drug-likeness (QED) is 0.773. The number of aromatic nitrogens is 3. The molecule has 1 atom stereocenters. The normalized spacial score (nSPS) is 13.3. The zero-order valence-corrected chi connectivity index (χ0v) is 10.9. The van der Waals surface area contributed by atoms with E-state index in [1.165, 1.54) is 18.5 Å². The van der Waals surface area contributed by atoms with Gasteiger partial charge in [0.2, 0.25) is 0 Å². The van der Waals surface area contributed by atoms with Gasteiger partial charge in [0.15, 0.2) is 0 Å². The Labute approximate surface area is 98.4 Å². The van der Waals surface area contributed by atoms with Crippen LogP contribution in [0.3, 0.4) is 0 Å². The van der Waals surface area contributed by atoms with E-state index in [-0.39, 0.29) is 0 Å².